The minimum Gasteiger partial charge on any atom is -0.383 e. The van der Waals surface area contributed by atoms with E-state index < -0.39 is 11.7 Å². The molecule has 110 valence electrons. The predicted molar refractivity (Wildman–Crippen MR) is 76.9 cm³/mol. The summed E-state index contributed by atoms with van der Waals surface area (Å²) in [5, 5.41) is 12.0. The predicted octanol–water partition coefficient (Wildman–Crippen LogP) is 4.52. The molecule has 0 aliphatic heterocycles. The summed E-state index contributed by atoms with van der Waals surface area (Å²) in [6.45, 7) is 4.05. The Hall–Kier alpha value is -1.35. The maximum absolute atomic E-state index is 12.7. The van der Waals surface area contributed by atoms with Crippen molar-refractivity contribution in [2.75, 3.05) is 16.8 Å². The van der Waals surface area contributed by atoms with Crippen molar-refractivity contribution in [2.45, 2.75) is 32.5 Å². The Kier molecular flexibility index (Phi) is 6.21. The summed E-state index contributed by atoms with van der Waals surface area (Å²) in [6.07, 6.45) is -3.58. The molecule has 1 N–H and O–H groups in total. The largest absolute Gasteiger partial charge is 0.417 e. The number of alkyl halides is 3. The molecular weight excluding hydrogens is 285 g/mol. The lowest BCUT2D eigenvalue weighted by molar-refractivity contribution is -0.137. The van der Waals surface area contributed by atoms with E-state index in [4.69, 9.17) is 5.26 Å². The van der Waals surface area contributed by atoms with Gasteiger partial charge in [0.15, 0.2) is 0 Å². The molecule has 0 aromatic heterocycles. The highest BCUT2D eigenvalue weighted by Gasteiger charge is 2.33. The third-order valence-corrected chi connectivity index (χ3v) is 3.69. The highest BCUT2D eigenvalue weighted by molar-refractivity contribution is 7.99. The summed E-state index contributed by atoms with van der Waals surface area (Å²) in [5.41, 5.74) is -0.694. The summed E-state index contributed by atoms with van der Waals surface area (Å²) in [7, 11) is 0. The maximum atomic E-state index is 12.7. The van der Waals surface area contributed by atoms with E-state index in [-0.39, 0.29) is 11.6 Å². The molecule has 0 amide bonds. The van der Waals surface area contributed by atoms with Crippen LogP contribution in [-0.4, -0.2) is 17.5 Å². The van der Waals surface area contributed by atoms with E-state index in [1.54, 1.807) is 6.07 Å². The Bertz CT molecular complexity index is 480. The van der Waals surface area contributed by atoms with Crippen LogP contribution in [0.1, 0.15) is 31.4 Å². The molecule has 0 aliphatic carbocycles. The molecule has 1 aromatic carbocycles. The number of halogens is 3. The van der Waals surface area contributed by atoms with Gasteiger partial charge in [0.25, 0.3) is 0 Å². The van der Waals surface area contributed by atoms with Crippen molar-refractivity contribution in [3.63, 3.8) is 0 Å². The fraction of sp³-hybridized carbons (Fsp3) is 0.500. The number of hydrogen-bond acceptors (Lipinski definition) is 3. The standard InChI is InChI=1S/C14H17F3N2S/c1-3-20-7-6-10(2)19-12-4-5-13(14(15,16)17)11(8-12)9-18/h4-5,8,10,19H,3,6-7H2,1-2H3. The third kappa shape index (κ3) is 4.97. The van der Waals surface area contributed by atoms with Gasteiger partial charge in [-0.2, -0.15) is 30.2 Å². The zero-order valence-electron chi connectivity index (χ0n) is 11.4. The molecule has 0 heterocycles. The zero-order valence-corrected chi connectivity index (χ0v) is 12.2. The Balaban J connectivity index is 2.76. The molecule has 0 radical (unpaired) electrons. The van der Waals surface area contributed by atoms with Crippen LogP contribution in [-0.2, 0) is 6.18 Å². The molecule has 1 atom stereocenters. The molecule has 1 unspecified atom stereocenters. The number of benzene rings is 1. The third-order valence-electron chi connectivity index (χ3n) is 2.76. The number of thioether (sulfide) groups is 1. The van der Waals surface area contributed by atoms with E-state index in [1.165, 1.54) is 12.1 Å². The van der Waals surface area contributed by atoms with Gasteiger partial charge in [0.1, 0.15) is 0 Å². The van der Waals surface area contributed by atoms with Crippen molar-refractivity contribution in [3.8, 4) is 6.07 Å². The molecular formula is C14H17F3N2S. The molecule has 20 heavy (non-hydrogen) atoms. The molecule has 1 aromatic rings. The number of anilines is 1. The van der Waals surface area contributed by atoms with Crippen molar-refractivity contribution >= 4 is 17.4 Å². The van der Waals surface area contributed by atoms with Crippen molar-refractivity contribution < 1.29 is 13.2 Å². The number of rotatable bonds is 6. The van der Waals surface area contributed by atoms with E-state index in [9.17, 15) is 13.2 Å². The molecule has 0 fully saturated rings. The molecule has 1 rings (SSSR count). The first-order valence-corrected chi connectivity index (χ1v) is 7.49. The summed E-state index contributed by atoms with van der Waals surface area (Å²) >= 11 is 1.82. The minimum absolute atomic E-state index is 0.150. The molecule has 0 spiro atoms. The second kappa shape index (κ2) is 7.44. The van der Waals surface area contributed by atoms with Gasteiger partial charge < -0.3 is 5.32 Å². The lowest BCUT2D eigenvalue weighted by Crippen LogP contribution is -2.16. The van der Waals surface area contributed by atoms with Gasteiger partial charge in [-0.25, -0.2) is 0 Å². The first kappa shape index (κ1) is 16.7. The Morgan fingerprint density at radius 1 is 1.40 bits per heavy atom. The van der Waals surface area contributed by atoms with E-state index in [2.05, 4.69) is 12.2 Å². The second-order valence-electron chi connectivity index (χ2n) is 4.40. The van der Waals surface area contributed by atoms with Crippen molar-refractivity contribution in [2.24, 2.45) is 0 Å². The van der Waals surface area contributed by atoms with Crippen LogP contribution in [0.5, 0.6) is 0 Å². The van der Waals surface area contributed by atoms with Crippen LogP contribution < -0.4 is 5.32 Å². The first-order valence-electron chi connectivity index (χ1n) is 6.34. The van der Waals surface area contributed by atoms with Crippen LogP contribution in [0, 0.1) is 11.3 Å². The van der Waals surface area contributed by atoms with Crippen LogP contribution in [0.25, 0.3) is 0 Å². The van der Waals surface area contributed by atoms with E-state index in [0.29, 0.717) is 5.69 Å². The van der Waals surface area contributed by atoms with Crippen LogP contribution >= 0.6 is 11.8 Å². The van der Waals surface area contributed by atoms with Crippen LogP contribution in [0.15, 0.2) is 18.2 Å². The van der Waals surface area contributed by atoms with E-state index in [1.807, 2.05) is 18.7 Å². The van der Waals surface area contributed by atoms with Gasteiger partial charge in [-0.3, -0.25) is 0 Å². The normalized spacial score (nSPS) is 12.8. The quantitative estimate of drug-likeness (QED) is 0.785. The van der Waals surface area contributed by atoms with E-state index in [0.717, 1.165) is 24.0 Å². The fourth-order valence-electron chi connectivity index (χ4n) is 1.73. The Morgan fingerprint density at radius 3 is 2.65 bits per heavy atom. The monoisotopic (exact) mass is 302 g/mol. The average Bonchev–Trinajstić information content (AvgIpc) is 2.37. The van der Waals surface area contributed by atoms with Gasteiger partial charge in [0, 0.05) is 11.7 Å². The summed E-state index contributed by atoms with van der Waals surface area (Å²) in [5.74, 6) is 2.04. The van der Waals surface area contributed by atoms with Gasteiger partial charge in [-0.15, -0.1) is 0 Å². The molecule has 2 nitrogen and oxygen atoms in total. The summed E-state index contributed by atoms with van der Waals surface area (Å²) in [4.78, 5) is 0. The number of nitrogens with one attached hydrogen (secondary N) is 1. The van der Waals surface area contributed by atoms with Crippen molar-refractivity contribution in [3.05, 3.63) is 29.3 Å². The number of nitriles is 1. The molecule has 6 heteroatoms. The summed E-state index contributed by atoms with van der Waals surface area (Å²) in [6, 6.07) is 5.33. The van der Waals surface area contributed by atoms with Crippen LogP contribution in [0.2, 0.25) is 0 Å². The highest BCUT2D eigenvalue weighted by atomic mass is 32.2. The summed E-state index contributed by atoms with van der Waals surface area (Å²) < 4.78 is 38.0. The highest BCUT2D eigenvalue weighted by Crippen LogP contribution is 2.33. The van der Waals surface area contributed by atoms with Crippen LogP contribution in [0.3, 0.4) is 0 Å². The van der Waals surface area contributed by atoms with Gasteiger partial charge in [0.05, 0.1) is 17.2 Å². The van der Waals surface area contributed by atoms with Gasteiger partial charge in [-0.1, -0.05) is 6.92 Å². The molecule has 0 saturated carbocycles. The minimum atomic E-state index is -4.49. The second-order valence-corrected chi connectivity index (χ2v) is 5.79. The van der Waals surface area contributed by atoms with E-state index >= 15 is 0 Å². The SMILES string of the molecule is CCSCCC(C)Nc1ccc(C(F)(F)F)c(C#N)c1. The fourth-order valence-corrected chi connectivity index (χ4v) is 2.54. The molecule has 0 saturated heterocycles. The molecule has 0 bridgehead atoms. The maximum Gasteiger partial charge on any atom is 0.417 e. The lowest BCUT2D eigenvalue weighted by atomic mass is 10.1. The van der Waals surface area contributed by atoms with Gasteiger partial charge in [0.2, 0.25) is 0 Å². The Morgan fingerprint density at radius 2 is 2.10 bits per heavy atom. The van der Waals surface area contributed by atoms with Gasteiger partial charge in [-0.05, 0) is 43.0 Å². The lowest BCUT2D eigenvalue weighted by Gasteiger charge is -2.16. The van der Waals surface area contributed by atoms with Crippen molar-refractivity contribution in [1.82, 2.24) is 0 Å². The van der Waals surface area contributed by atoms with Crippen LogP contribution in [0.4, 0.5) is 18.9 Å². The zero-order chi connectivity index (χ0) is 15.2. The smallest absolute Gasteiger partial charge is 0.383 e. The Labute approximate surface area is 121 Å². The molecule has 0 aliphatic rings. The average molecular weight is 302 g/mol. The topological polar surface area (TPSA) is 35.8 Å². The number of hydrogen-bond donors (Lipinski definition) is 1. The van der Waals surface area contributed by atoms with Crippen molar-refractivity contribution in [1.29, 1.82) is 5.26 Å². The first-order chi connectivity index (χ1) is 9.38. The number of nitrogens with zero attached hydrogens (tertiary/aromatic N) is 1. The van der Waals surface area contributed by atoms with Gasteiger partial charge >= 0.3 is 6.18 Å².